The summed E-state index contributed by atoms with van der Waals surface area (Å²) in [5.74, 6) is -0.165. The number of aryl methyl sites for hydroxylation is 1. The molecule has 1 aromatic carbocycles. The van der Waals surface area contributed by atoms with Crippen LogP contribution < -0.4 is 11.0 Å². The van der Waals surface area contributed by atoms with E-state index in [0.29, 0.717) is 0 Å². The maximum atomic E-state index is 12.0. The Morgan fingerprint density at radius 3 is 3.05 bits per heavy atom. The summed E-state index contributed by atoms with van der Waals surface area (Å²) in [4.78, 5) is 27.1. The number of amides is 1. The van der Waals surface area contributed by atoms with Crippen LogP contribution in [-0.4, -0.2) is 15.5 Å². The minimum atomic E-state index is -0.408. The summed E-state index contributed by atoms with van der Waals surface area (Å²) in [5.41, 5.74) is 2.06. The molecule has 5 nitrogen and oxygen atoms in total. The number of rotatable bonds is 3. The molecule has 1 aliphatic carbocycles. The highest BCUT2D eigenvalue weighted by Gasteiger charge is 2.23. The summed E-state index contributed by atoms with van der Waals surface area (Å²) >= 11 is 0. The Kier molecular flexibility index (Phi) is 3.33. The van der Waals surface area contributed by atoms with Gasteiger partial charge in [0.25, 0.3) is 0 Å². The van der Waals surface area contributed by atoms with Crippen molar-refractivity contribution < 1.29 is 4.79 Å². The van der Waals surface area contributed by atoms with Crippen LogP contribution in [0.2, 0.25) is 0 Å². The second-order valence-corrected chi connectivity index (χ2v) is 4.89. The van der Waals surface area contributed by atoms with Gasteiger partial charge in [0.05, 0.1) is 6.04 Å². The molecular weight excluding hydrogens is 254 g/mol. The van der Waals surface area contributed by atoms with Crippen molar-refractivity contribution in [3.8, 4) is 0 Å². The van der Waals surface area contributed by atoms with Crippen molar-refractivity contribution in [3.05, 3.63) is 64.3 Å². The van der Waals surface area contributed by atoms with Gasteiger partial charge in [0.2, 0.25) is 5.91 Å². The number of nitrogens with zero attached hydrogens (tertiary/aromatic N) is 2. The molecule has 20 heavy (non-hydrogen) atoms. The van der Waals surface area contributed by atoms with Crippen LogP contribution in [0.1, 0.15) is 23.6 Å². The molecule has 3 rings (SSSR count). The Morgan fingerprint density at radius 1 is 1.35 bits per heavy atom. The molecule has 5 heteroatoms. The molecule has 0 radical (unpaired) electrons. The molecule has 0 saturated heterocycles. The summed E-state index contributed by atoms with van der Waals surface area (Å²) in [6.07, 6.45) is 4.88. The highest BCUT2D eigenvalue weighted by molar-refractivity contribution is 5.76. The van der Waals surface area contributed by atoms with E-state index in [0.717, 1.165) is 12.8 Å². The lowest BCUT2D eigenvalue weighted by atomic mass is 10.1. The van der Waals surface area contributed by atoms with E-state index in [2.05, 4.69) is 16.4 Å². The van der Waals surface area contributed by atoms with Crippen LogP contribution in [0.5, 0.6) is 0 Å². The monoisotopic (exact) mass is 269 g/mol. The van der Waals surface area contributed by atoms with Gasteiger partial charge in [0.15, 0.2) is 0 Å². The molecule has 2 aromatic rings. The van der Waals surface area contributed by atoms with Crippen LogP contribution in [0.4, 0.5) is 0 Å². The Hall–Kier alpha value is -2.43. The molecule has 0 fully saturated rings. The van der Waals surface area contributed by atoms with Gasteiger partial charge in [-0.15, -0.1) is 0 Å². The average molecular weight is 269 g/mol. The van der Waals surface area contributed by atoms with Crippen LogP contribution in [0, 0.1) is 0 Å². The third kappa shape index (κ3) is 2.47. The summed E-state index contributed by atoms with van der Waals surface area (Å²) in [7, 11) is 0. The third-order valence-electron chi connectivity index (χ3n) is 3.56. The van der Waals surface area contributed by atoms with Gasteiger partial charge in [-0.2, -0.15) is 0 Å². The van der Waals surface area contributed by atoms with Crippen LogP contribution in [0.3, 0.4) is 0 Å². The summed E-state index contributed by atoms with van der Waals surface area (Å²) < 4.78 is 1.30. The summed E-state index contributed by atoms with van der Waals surface area (Å²) in [5, 5.41) is 2.98. The smallest absolute Gasteiger partial charge is 0.347 e. The van der Waals surface area contributed by atoms with Crippen LogP contribution in [0.15, 0.2) is 47.5 Å². The molecule has 1 atom stereocenters. The zero-order valence-corrected chi connectivity index (χ0v) is 11.0. The van der Waals surface area contributed by atoms with Crippen molar-refractivity contribution in [2.45, 2.75) is 25.4 Å². The van der Waals surface area contributed by atoms with E-state index >= 15 is 0 Å². The lowest BCUT2D eigenvalue weighted by Crippen LogP contribution is -2.34. The first kappa shape index (κ1) is 12.6. The topological polar surface area (TPSA) is 64.0 Å². The molecule has 0 unspecified atom stereocenters. The van der Waals surface area contributed by atoms with Gasteiger partial charge in [-0.05, 0) is 30.0 Å². The number of carbonyl (C=O) groups is 1. The number of benzene rings is 1. The highest BCUT2D eigenvalue weighted by Crippen LogP contribution is 2.30. The van der Waals surface area contributed by atoms with Crippen molar-refractivity contribution in [3.63, 3.8) is 0 Å². The van der Waals surface area contributed by atoms with Crippen LogP contribution in [-0.2, 0) is 17.8 Å². The predicted octanol–water partition coefficient (Wildman–Crippen LogP) is 1.05. The van der Waals surface area contributed by atoms with E-state index in [-0.39, 0.29) is 18.5 Å². The van der Waals surface area contributed by atoms with Crippen molar-refractivity contribution in [2.75, 3.05) is 0 Å². The minimum Gasteiger partial charge on any atom is -0.348 e. The van der Waals surface area contributed by atoms with Gasteiger partial charge >= 0.3 is 5.69 Å². The molecule has 0 spiro atoms. The van der Waals surface area contributed by atoms with Crippen molar-refractivity contribution in [1.29, 1.82) is 0 Å². The lowest BCUT2D eigenvalue weighted by Gasteiger charge is -2.14. The van der Waals surface area contributed by atoms with Crippen molar-refractivity contribution in [2.24, 2.45) is 0 Å². The number of fused-ring (bicyclic) bond motifs is 1. The van der Waals surface area contributed by atoms with Gasteiger partial charge in [-0.3, -0.25) is 9.36 Å². The second kappa shape index (κ2) is 5.28. The van der Waals surface area contributed by atoms with E-state index in [9.17, 15) is 9.59 Å². The maximum Gasteiger partial charge on any atom is 0.347 e. The SMILES string of the molecule is O=C(Cn1cccnc1=O)N[C@@H]1CCc2ccccc21. The Morgan fingerprint density at radius 2 is 2.20 bits per heavy atom. The zero-order chi connectivity index (χ0) is 13.9. The molecule has 1 N–H and O–H groups in total. The Labute approximate surface area is 116 Å². The highest BCUT2D eigenvalue weighted by atomic mass is 16.2. The summed E-state index contributed by atoms with van der Waals surface area (Å²) in [6.45, 7) is 0.00530. The molecular formula is C15H15N3O2. The normalized spacial score (nSPS) is 16.7. The lowest BCUT2D eigenvalue weighted by molar-refractivity contribution is -0.122. The standard InChI is InChI=1S/C15H15N3O2/c19-14(10-18-9-3-8-16-15(18)20)17-13-7-6-11-4-1-2-5-12(11)13/h1-5,8-9,13H,6-7,10H2,(H,17,19)/t13-/m1/s1. The molecule has 102 valence electrons. The largest absolute Gasteiger partial charge is 0.348 e. The molecule has 1 heterocycles. The molecule has 0 aliphatic heterocycles. The van der Waals surface area contributed by atoms with Gasteiger partial charge in [0.1, 0.15) is 6.54 Å². The first-order valence-corrected chi connectivity index (χ1v) is 6.62. The van der Waals surface area contributed by atoms with E-state index < -0.39 is 5.69 Å². The predicted molar refractivity (Wildman–Crippen MR) is 74.1 cm³/mol. The van der Waals surface area contributed by atoms with Gasteiger partial charge in [-0.25, -0.2) is 9.78 Å². The first-order chi connectivity index (χ1) is 9.74. The molecule has 1 aliphatic rings. The fourth-order valence-electron chi connectivity index (χ4n) is 2.61. The van der Waals surface area contributed by atoms with E-state index in [1.165, 1.54) is 21.9 Å². The molecule has 0 saturated carbocycles. The fourth-order valence-corrected chi connectivity index (χ4v) is 2.61. The van der Waals surface area contributed by atoms with E-state index in [1.54, 1.807) is 12.3 Å². The second-order valence-electron chi connectivity index (χ2n) is 4.89. The quantitative estimate of drug-likeness (QED) is 0.905. The third-order valence-corrected chi connectivity index (χ3v) is 3.56. The number of nitrogens with one attached hydrogen (secondary N) is 1. The molecule has 1 aromatic heterocycles. The van der Waals surface area contributed by atoms with Crippen LogP contribution >= 0.6 is 0 Å². The first-order valence-electron chi connectivity index (χ1n) is 6.62. The van der Waals surface area contributed by atoms with Gasteiger partial charge in [0, 0.05) is 12.4 Å². The van der Waals surface area contributed by atoms with Crippen LogP contribution in [0.25, 0.3) is 0 Å². The van der Waals surface area contributed by atoms with E-state index in [1.807, 2.05) is 18.2 Å². The molecule has 1 amide bonds. The number of hydrogen-bond donors (Lipinski definition) is 1. The minimum absolute atomic E-state index is 0.00530. The average Bonchev–Trinajstić information content (AvgIpc) is 2.85. The summed E-state index contributed by atoms with van der Waals surface area (Å²) in [6, 6.07) is 9.81. The zero-order valence-electron chi connectivity index (χ0n) is 11.0. The number of carbonyl (C=O) groups excluding carboxylic acids is 1. The van der Waals surface area contributed by atoms with Crippen molar-refractivity contribution in [1.82, 2.24) is 14.9 Å². The van der Waals surface area contributed by atoms with E-state index in [4.69, 9.17) is 0 Å². The number of aromatic nitrogens is 2. The Bertz CT molecular complexity index is 693. The molecule has 0 bridgehead atoms. The van der Waals surface area contributed by atoms with Crippen molar-refractivity contribution >= 4 is 5.91 Å². The number of hydrogen-bond acceptors (Lipinski definition) is 3. The van der Waals surface area contributed by atoms with Gasteiger partial charge < -0.3 is 5.32 Å². The maximum absolute atomic E-state index is 12.0. The van der Waals surface area contributed by atoms with Gasteiger partial charge in [-0.1, -0.05) is 24.3 Å². The Balaban J connectivity index is 1.69. The fraction of sp³-hybridized carbons (Fsp3) is 0.267.